The summed E-state index contributed by atoms with van der Waals surface area (Å²) in [6.45, 7) is 1.99. The Balaban J connectivity index is 2.27. The lowest BCUT2D eigenvalue weighted by Gasteiger charge is -2.10. The zero-order valence-corrected chi connectivity index (χ0v) is 14.5. The fraction of sp³-hybridized carbons (Fsp3) is 0.188. The third-order valence-electron chi connectivity index (χ3n) is 3.42. The predicted molar refractivity (Wildman–Crippen MR) is 92.9 cm³/mol. The highest BCUT2D eigenvalue weighted by Crippen LogP contribution is 2.27. The summed E-state index contributed by atoms with van der Waals surface area (Å²) < 4.78 is 3.13. The second-order valence-corrected chi connectivity index (χ2v) is 6.57. The molecular formula is C16H13BrCl2N2. The van der Waals surface area contributed by atoms with Crippen molar-refractivity contribution in [3.8, 4) is 5.69 Å². The second kappa shape index (κ2) is 5.99. The Kier molecular flexibility index (Phi) is 4.25. The van der Waals surface area contributed by atoms with Crippen LogP contribution in [0.3, 0.4) is 0 Å². The van der Waals surface area contributed by atoms with Gasteiger partial charge in [-0.2, -0.15) is 0 Å². The molecule has 0 bridgehead atoms. The van der Waals surface area contributed by atoms with Crippen LogP contribution >= 0.6 is 39.1 Å². The van der Waals surface area contributed by atoms with Crippen LogP contribution in [0.15, 0.2) is 40.9 Å². The lowest BCUT2D eigenvalue weighted by atomic mass is 10.2. The van der Waals surface area contributed by atoms with Crippen molar-refractivity contribution in [3.05, 3.63) is 57.3 Å². The van der Waals surface area contributed by atoms with Crippen molar-refractivity contribution < 1.29 is 0 Å². The number of benzene rings is 2. The van der Waals surface area contributed by atoms with Crippen LogP contribution in [0.2, 0.25) is 5.02 Å². The van der Waals surface area contributed by atoms with Crippen LogP contribution in [0, 0.1) is 6.92 Å². The van der Waals surface area contributed by atoms with E-state index in [0.717, 1.165) is 37.6 Å². The molecule has 1 heterocycles. The zero-order valence-electron chi connectivity index (χ0n) is 11.4. The van der Waals surface area contributed by atoms with Gasteiger partial charge in [0.25, 0.3) is 0 Å². The van der Waals surface area contributed by atoms with E-state index in [4.69, 9.17) is 28.2 Å². The van der Waals surface area contributed by atoms with Gasteiger partial charge in [0, 0.05) is 27.5 Å². The summed E-state index contributed by atoms with van der Waals surface area (Å²) in [6.07, 6.45) is 0.708. The number of rotatable bonds is 3. The molecule has 1 aromatic heterocycles. The molecule has 0 aliphatic heterocycles. The first kappa shape index (κ1) is 14.9. The van der Waals surface area contributed by atoms with Crippen molar-refractivity contribution in [2.75, 3.05) is 5.88 Å². The van der Waals surface area contributed by atoms with Crippen LogP contribution in [0.25, 0.3) is 16.7 Å². The lowest BCUT2D eigenvalue weighted by Crippen LogP contribution is -2.02. The van der Waals surface area contributed by atoms with Gasteiger partial charge in [-0.25, -0.2) is 4.98 Å². The van der Waals surface area contributed by atoms with E-state index in [2.05, 4.69) is 32.6 Å². The summed E-state index contributed by atoms with van der Waals surface area (Å²) in [6, 6.07) is 12.1. The predicted octanol–water partition coefficient (Wildman–Crippen LogP) is 5.53. The molecule has 0 N–H and O–H groups in total. The Bertz CT molecular complexity index is 811. The summed E-state index contributed by atoms with van der Waals surface area (Å²) >= 11 is 15.7. The Morgan fingerprint density at radius 1 is 1.19 bits per heavy atom. The minimum atomic E-state index is 0.532. The highest BCUT2D eigenvalue weighted by atomic mass is 79.9. The van der Waals surface area contributed by atoms with Crippen LogP contribution < -0.4 is 0 Å². The van der Waals surface area contributed by atoms with Crippen molar-refractivity contribution in [3.63, 3.8) is 0 Å². The van der Waals surface area contributed by atoms with Gasteiger partial charge in [0.2, 0.25) is 0 Å². The fourth-order valence-electron chi connectivity index (χ4n) is 2.36. The number of halogens is 3. The molecule has 0 amide bonds. The average molecular weight is 384 g/mol. The van der Waals surface area contributed by atoms with Gasteiger partial charge >= 0.3 is 0 Å². The lowest BCUT2D eigenvalue weighted by molar-refractivity contribution is 0.912. The molecule has 21 heavy (non-hydrogen) atoms. The van der Waals surface area contributed by atoms with Crippen molar-refractivity contribution >= 4 is 50.2 Å². The van der Waals surface area contributed by atoms with E-state index < -0.39 is 0 Å². The normalized spacial score (nSPS) is 11.2. The minimum absolute atomic E-state index is 0.532. The maximum absolute atomic E-state index is 6.27. The molecule has 108 valence electrons. The summed E-state index contributed by atoms with van der Waals surface area (Å²) in [5.74, 6) is 1.47. The molecule has 0 aliphatic rings. The summed E-state index contributed by atoms with van der Waals surface area (Å²) in [7, 11) is 0. The zero-order chi connectivity index (χ0) is 15.0. The molecule has 0 aliphatic carbocycles. The largest absolute Gasteiger partial charge is 0.296 e. The Labute approximate surface area is 141 Å². The second-order valence-electron chi connectivity index (χ2n) is 4.87. The SMILES string of the molecule is Cc1ccc(-n2c(CCCl)nc3cc(Br)ccc32)cc1Cl. The van der Waals surface area contributed by atoms with Gasteiger partial charge in [0.1, 0.15) is 5.82 Å². The van der Waals surface area contributed by atoms with Crippen LogP contribution in [0.1, 0.15) is 11.4 Å². The maximum atomic E-state index is 6.27. The van der Waals surface area contributed by atoms with Crippen molar-refractivity contribution in [2.45, 2.75) is 13.3 Å². The number of aryl methyl sites for hydroxylation is 2. The van der Waals surface area contributed by atoms with Gasteiger partial charge in [-0.05, 0) is 42.8 Å². The maximum Gasteiger partial charge on any atom is 0.115 e. The smallest absolute Gasteiger partial charge is 0.115 e. The summed E-state index contributed by atoms with van der Waals surface area (Å²) in [4.78, 5) is 4.70. The molecule has 2 aromatic carbocycles. The number of nitrogens with zero attached hydrogens (tertiary/aromatic N) is 2. The molecule has 0 unspecified atom stereocenters. The van der Waals surface area contributed by atoms with Gasteiger partial charge in [0.15, 0.2) is 0 Å². The Hall–Kier alpha value is -1.03. The van der Waals surface area contributed by atoms with E-state index in [1.165, 1.54) is 0 Å². The molecule has 0 atom stereocenters. The van der Waals surface area contributed by atoms with E-state index >= 15 is 0 Å². The van der Waals surface area contributed by atoms with E-state index in [1.54, 1.807) is 0 Å². The molecule has 0 saturated heterocycles. The molecule has 0 spiro atoms. The average Bonchev–Trinajstić information content (AvgIpc) is 2.79. The van der Waals surface area contributed by atoms with Gasteiger partial charge in [-0.1, -0.05) is 33.6 Å². The molecular weight excluding hydrogens is 371 g/mol. The van der Waals surface area contributed by atoms with E-state index in [-0.39, 0.29) is 0 Å². The first-order valence-electron chi connectivity index (χ1n) is 6.59. The standard InChI is InChI=1S/C16H13BrCl2N2/c1-10-2-4-12(9-13(10)19)21-15-5-3-11(17)8-14(15)20-16(21)6-7-18/h2-5,8-9H,6-7H2,1H3. The van der Waals surface area contributed by atoms with Gasteiger partial charge in [0.05, 0.1) is 11.0 Å². The number of alkyl halides is 1. The Morgan fingerprint density at radius 2 is 2.00 bits per heavy atom. The minimum Gasteiger partial charge on any atom is -0.296 e. The van der Waals surface area contributed by atoms with Crippen LogP contribution in [-0.4, -0.2) is 15.4 Å². The number of aromatic nitrogens is 2. The van der Waals surface area contributed by atoms with Gasteiger partial charge in [-0.15, -0.1) is 11.6 Å². The molecule has 2 nitrogen and oxygen atoms in total. The molecule has 0 saturated carbocycles. The van der Waals surface area contributed by atoms with Crippen molar-refractivity contribution in [2.24, 2.45) is 0 Å². The molecule has 0 radical (unpaired) electrons. The summed E-state index contributed by atoms with van der Waals surface area (Å²) in [5, 5.41) is 0.753. The van der Waals surface area contributed by atoms with Crippen LogP contribution in [-0.2, 0) is 6.42 Å². The van der Waals surface area contributed by atoms with Crippen molar-refractivity contribution in [1.82, 2.24) is 9.55 Å². The summed E-state index contributed by atoms with van der Waals surface area (Å²) in [5.41, 5.74) is 4.07. The first-order chi connectivity index (χ1) is 10.1. The quantitative estimate of drug-likeness (QED) is 0.543. The Morgan fingerprint density at radius 3 is 2.71 bits per heavy atom. The third-order valence-corrected chi connectivity index (χ3v) is 4.51. The van der Waals surface area contributed by atoms with Crippen LogP contribution in [0.5, 0.6) is 0 Å². The van der Waals surface area contributed by atoms with Gasteiger partial charge in [-0.3, -0.25) is 4.57 Å². The topological polar surface area (TPSA) is 17.8 Å². The fourth-order valence-corrected chi connectivity index (χ4v) is 3.06. The monoisotopic (exact) mass is 382 g/mol. The number of imidazole rings is 1. The third kappa shape index (κ3) is 2.83. The first-order valence-corrected chi connectivity index (χ1v) is 8.30. The highest BCUT2D eigenvalue weighted by molar-refractivity contribution is 9.10. The number of fused-ring (bicyclic) bond motifs is 1. The number of hydrogen-bond donors (Lipinski definition) is 0. The molecule has 3 aromatic rings. The molecule has 0 fully saturated rings. The number of hydrogen-bond acceptors (Lipinski definition) is 1. The van der Waals surface area contributed by atoms with Gasteiger partial charge < -0.3 is 0 Å². The van der Waals surface area contributed by atoms with Crippen LogP contribution in [0.4, 0.5) is 0 Å². The van der Waals surface area contributed by atoms with E-state index in [1.807, 2.05) is 31.2 Å². The van der Waals surface area contributed by atoms with E-state index in [0.29, 0.717) is 12.3 Å². The van der Waals surface area contributed by atoms with E-state index in [9.17, 15) is 0 Å². The van der Waals surface area contributed by atoms with Crippen molar-refractivity contribution in [1.29, 1.82) is 0 Å². The molecule has 5 heteroatoms. The highest BCUT2D eigenvalue weighted by Gasteiger charge is 2.13. The molecule has 3 rings (SSSR count).